The molecule has 0 radical (unpaired) electrons. The average molecular weight is 408 g/mol. The highest BCUT2D eigenvalue weighted by atomic mass is 16.3. The molecule has 0 spiro atoms. The zero-order chi connectivity index (χ0) is 21.3. The van der Waals surface area contributed by atoms with Gasteiger partial charge in [0.2, 0.25) is 0 Å². The van der Waals surface area contributed by atoms with Gasteiger partial charge in [-0.2, -0.15) is 0 Å². The van der Waals surface area contributed by atoms with Gasteiger partial charge < -0.3 is 30.0 Å². The van der Waals surface area contributed by atoms with E-state index < -0.39 is 0 Å². The van der Waals surface area contributed by atoms with Crippen LogP contribution in [0.2, 0.25) is 0 Å². The maximum Gasteiger partial charge on any atom is 0.152 e. The Bertz CT molecular complexity index is 1040. The lowest BCUT2D eigenvalue weighted by Gasteiger charge is -2.41. The monoisotopic (exact) mass is 407 g/mol. The number of H-pyrrole nitrogens is 1. The summed E-state index contributed by atoms with van der Waals surface area (Å²) in [6.07, 6.45) is 2.80. The third-order valence-electron chi connectivity index (χ3n) is 5.34. The number of rotatable bonds is 5. The number of carbonyl (C=O) groups is 1. The number of aldehydes is 1. The first-order chi connectivity index (χ1) is 14.4. The van der Waals surface area contributed by atoms with Crippen molar-refractivity contribution >= 4 is 34.5 Å². The van der Waals surface area contributed by atoms with E-state index in [-0.39, 0.29) is 18.2 Å². The highest BCUT2D eigenvalue weighted by Gasteiger charge is 2.30. The number of fused-ring (bicyclic) bond motifs is 1. The molecule has 2 aromatic heterocycles. The molecule has 1 aromatic carbocycles. The van der Waals surface area contributed by atoms with Crippen molar-refractivity contribution in [3.63, 3.8) is 0 Å². The summed E-state index contributed by atoms with van der Waals surface area (Å²) >= 11 is 0. The highest BCUT2D eigenvalue weighted by molar-refractivity contribution is 5.85. The van der Waals surface area contributed by atoms with Gasteiger partial charge in [-0.1, -0.05) is 12.1 Å². The zero-order valence-electron chi connectivity index (χ0n) is 17.7. The first-order valence-corrected chi connectivity index (χ1v) is 10.3. The van der Waals surface area contributed by atoms with Crippen LogP contribution in [-0.4, -0.2) is 52.6 Å². The SMILES string of the molecule is CC(C)(C)Nc1cccnc1N1CCN(c2cc3ccc(CO)cc3[nH]2)C(C=O)C1. The van der Waals surface area contributed by atoms with Crippen LogP contribution in [0.5, 0.6) is 0 Å². The maximum absolute atomic E-state index is 12.0. The number of benzene rings is 1. The molecule has 4 rings (SSSR count). The highest BCUT2D eigenvalue weighted by Crippen LogP contribution is 2.30. The molecule has 0 saturated carbocycles. The van der Waals surface area contributed by atoms with E-state index in [1.807, 2.05) is 30.3 Å². The summed E-state index contributed by atoms with van der Waals surface area (Å²) in [5.41, 5.74) is 2.72. The fourth-order valence-electron chi connectivity index (χ4n) is 3.98. The van der Waals surface area contributed by atoms with Gasteiger partial charge in [0, 0.05) is 42.3 Å². The number of nitrogens with one attached hydrogen (secondary N) is 2. The standard InChI is InChI=1S/C23H29N5O2/c1-23(2,3)26-19-5-4-8-24-22(19)27-9-10-28(18(13-27)15-30)21-12-17-7-6-16(14-29)11-20(17)25-21/h4-8,11-12,15,18,25-26,29H,9-10,13-14H2,1-3H3. The molecular formula is C23H29N5O2. The van der Waals surface area contributed by atoms with Crippen LogP contribution in [0, 0.1) is 0 Å². The normalized spacial score (nSPS) is 17.4. The van der Waals surface area contributed by atoms with Crippen molar-refractivity contribution in [2.45, 2.75) is 39.0 Å². The molecule has 1 saturated heterocycles. The first kappa shape index (κ1) is 20.2. The van der Waals surface area contributed by atoms with Crippen LogP contribution in [-0.2, 0) is 11.4 Å². The van der Waals surface area contributed by atoms with Crippen LogP contribution in [0.1, 0.15) is 26.3 Å². The van der Waals surface area contributed by atoms with Gasteiger partial charge in [-0.3, -0.25) is 0 Å². The molecule has 30 heavy (non-hydrogen) atoms. The number of hydrogen-bond donors (Lipinski definition) is 3. The summed E-state index contributed by atoms with van der Waals surface area (Å²) in [6, 6.07) is 11.6. The number of carbonyl (C=O) groups excluding carboxylic acids is 1. The molecule has 7 nitrogen and oxygen atoms in total. The van der Waals surface area contributed by atoms with Crippen LogP contribution < -0.4 is 15.1 Å². The quantitative estimate of drug-likeness (QED) is 0.564. The molecule has 1 aliphatic heterocycles. The van der Waals surface area contributed by atoms with Gasteiger partial charge in [0.05, 0.1) is 12.3 Å². The third-order valence-corrected chi connectivity index (χ3v) is 5.34. The maximum atomic E-state index is 12.0. The third kappa shape index (κ3) is 4.11. The predicted molar refractivity (Wildman–Crippen MR) is 121 cm³/mol. The van der Waals surface area contributed by atoms with Crippen molar-refractivity contribution in [1.82, 2.24) is 9.97 Å². The van der Waals surface area contributed by atoms with Crippen LogP contribution in [0.25, 0.3) is 10.9 Å². The summed E-state index contributed by atoms with van der Waals surface area (Å²) < 4.78 is 0. The molecule has 3 heterocycles. The lowest BCUT2D eigenvalue weighted by atomic mass is 10.1. The van der Waals surface area contributed by atoms with Crippen molar-refractivity contribution in [1.29, 1.82) is 0 Å². The number of aliphatic hydroxyl groups is 1. The Hall–Kier alpha value is -3.06. The number of aromatic nitrogens is 2. The minimum Gasteiger partial charge on any atom is -0.392 e. The van der Waals surface area contributed by atoms with E-state index in [2.05, 4.69) is 51.9 Å². The second kappa shape index (κ2) is 7.99. The predicted octanol–water partition coefficient (Wildman–Crippen LogP) is 3.16. The van der Waals surface area contributed by atoms with Gasteiger partial charge in [0.1, 0.15) is 18.1 Å². The van der Waals surface area contributed by atoms with E-state index in [9.17, 15) is 9.90 Å². The molecule has 0 aliphatic carbocycles. The molecule has 1 fully saturated rings. The van der Waals surface area contributed by atoms with E-state index in [1.165, 1.54) is 0 Å². The van der Waals surface area contributed by atoms with Gasteiger partial charge in [-0.25, -0.2) is 4.98 Å². The molecule has 3 N–H and O–H groups in total. The van der Waals surface area contributed by atoms with E-state index in [0.717, 1.165) is 46.6 Å². The Morgan fingerprint density at radius 3 is 2.83 bits per heavy atom. The van der Waals surface area contributed by atoms with Crippen LogP contribution in [0.4, 0.5) is 17.3 Å². The van der Waals surface area contributed by atoms with Crippen molar-refractivity contribution < 1.29 is 9.90 Å². The van der Waals surface area contributed by atoms with Gasteiger partial charge in [-0.05, 0) is 50.6 Å². The van der Waals surface area contributed by atoms with E-state index >= 15 is 0 Å². The van der Waals surface area contributed by atoms with E-state index in [4.69, 9.17) is 0 Å². The van der Waals surface area contributed by atoms with Crippen molar-refractivity contribution in [2.24, 2.45) is 0 Å². The van der Waals surface area contributed by atoms with Gasteiger partial charge >= 0.3 is 0 Å². The summed E-state index contributed by atoms with van der Waals surface area (Å²) in [5.74, 6) is 1.80. The van der Waals surface area contributed by atoms with E-state index in [0.29, 0.717) is 13.1 Å². The Morgan fingerprint density at radius 2 is 2.10 bits per heavy atom. The average Bonchev–Trinajstić information content (AvgIpc) is 3.15. The number of anilines is 3. The van der Waals surface area contributed by atoms with Gasteiger partial charge in [0.15, 0.2) is 5.82 Å². The van der Waals surface area contributed by atoms with E-state index in [1.54, 1.807) is 6.20 Å². The Labute approximate surface area is 176 Å². The molecule has 1 aliphatic rings. The molecular weight excluding hydrogens is 378 g/mol. The minimum absolute atomic E-state index is 0.00887. The van der Waals surface area contributed by atoms with Crippen LogP contribution in [0.15, 0.2) is 42.6 Å². The molecule has 1 atom stereocenters. The number of piperazine rings is 1. The number of nitrogens with zero attached hydrogens (tertiary/aromatic N) is 3. The number of aromatic amines is 1. The topological polar surface area (TPSA) is 84.5 Å². The first-order valence-electron chi connectivity index (χ1n) is 10.3. The number of hydrogen-bond acceptors (Lipinski definition) is 6. The smallest absolute Gasteiger partial charge is 0.152 e. The van der Waals surface area contributed by atoms with Gasteiger partial charge in [-0.15, -0.1) is 0 Å². The molecule has 158 valence electrons. The second-order valence-corrected chi connectivity index (χ2v) is 8.83. The largest absolute Gasteiger partial charge is 0.392 e. The Kier molecular flexibility index (Phi) is 5.39. The van der Waals surface area contributed by atoms with Crippen LogP contribution >= 0.6 is 0 Å². The molecule has 7 heteroatoms. The van der Waals surface area contributed by atoms with Crippen LogP contribution in [0.3, 0.4) is 0 Å². The molecule has 1 unspecified atom stereocenters. The summed E-state index contributed by atoms with van der Waals surface area (Å²) in [6.45, 7) is 8.40. The number of pyridine rings is 1. The fraction of sp³-hybridized carbons (Fsp3) is 0.391. The summed E-state index contributed by atoms with van der Waals surface area (Å²) in [5, 5.41) is 14.0. The second-order valence-electron chi connectivity index (χ2n) is 8.83. The van der Waals surface area contributed by atoms with Crippen molar-refractivity contribution in [2.75, 3.05) is 34.8 Å². The molecule has 0 amide bonds. The Morgan fingerprint density at radius 1 is 1.27 bits per heavy atom. The lowest BCUT2D eigenvalue weighted by molar-refractivity contribution is -0.109. The van der Waals surface area contributed by atoms with Crippen molar-refractivity contribution in [3.05, 3.63) is 48.2 Å². The number of aliphatic hydroxyl groups excluding tert-OH is 1. The minimum atomic E-state index is -0.284. The zero-order valence-corrected chi connectivity index (χ0v) is 17.7. The fourth-order valence-corrected chi connectivity index (χ4v) is 3.98. The van der Waals surface area contributed by atoms with Gasteiger partial charge in [0.25, 0.3) is 0 Å². The van der Waals surface area contributed by atoms with Crippen molar-refractivity contribution in [3.8, 4) is 0 Å². The lowest BCUT2D eigenvalue weighted by Crippen LogP contribution is -2.54. The molecule has 0 bridgehead atoms. The summed E-state index contributed by atoms with van der Waals surface area (Å²) in [4.78, 5) is 24.3. The Balaban J connectivity index is 1.58. The molecule has 3 aromatic rings. The summed E-state index contributed by atoms with van der Waals surface area (Å²) in [7, 11) is 0.